The van der Waals surface area contributed by atoms with E-state index in [1.165, 1.54) is 4.90 Å². The molecule has 0 aromatic heterocycles. The third-order valence-electron chi connectivity index (χ3n) is 9.14. The first kappa shape index (κ1) is 42.9. The Kier molecular flexibility index (Phi) is 16.2. The van der Waals surface area contributed by atoms with E-state index in [1.807, 2.05) is 34.6 Å². The van der Waals surface area contributed by atoms with E-state index < -0.39 is 83.8 Å². The number of amides is 6. The van der Waals surface area contributed by atoms with Crippen molar-refractivity contribution in [1.82, 2.24) is 26.2 Å². The Morgan fingerprint density at radius 2 is 1.60 bits per heavy atom. The standard InChI is InChI=1S/C38H58N6O9/c1-7-14-27(32(46)35(49)40-20-29(45)42-30(33(39)47)24-15-10-8-11-16-24)41-34(48)28-19-26(53-38(4,5)6)21-44(28)36(50)31(25-17-12-9-13-18-25)43-37(51)52-22-23(2)3/h8,10-11,15-16,23,25-28,30-31H,7,9,12-14,17-22H2,1-6H3,(H2,39,47)(H,40,49)(H,41,48)(H,42,45)(H,43,51)/t26-,27?,28+,30?,31?/m1/s1. The summed E-state index contributed by atoms with van der Waals surface area (Å²) in [4.78, 5) is 93.6. The molecule has 3 unspecified atom stereocenters. The van der Waals surface area contributed by atoms with Crippen molar-refractivity contribution < 1.29 is 43.0 Å². The lowest BCUT2D eigenvalue weighted by molar-refractivity contribution is -0.143. The van der Waals surface area contributed by atoms with Crippen molar-refractivity contribution in [2.45, 2.75) is 129 Å². The molecule has 1 aromatic rings. The van der Waals surface area contributed by atoms with Crippen molar-refractivity contribution in [2.24, 2.45) is 17.6 Å². The lowest BCUT2D eigenvalue weighted by atomic mass is 9.83. The predicted molar refractivity (Wildman–Crippen MR) is 196 cm³/mol. The fourth-order valence-corrected chi connectivity index (χ4v) is 6.72. The van der Waals surface area contributed by atoms with Crippen LogP contribution in [-0.2, 0) is 38.2 Å². The van der Waals surface area contributed by atoms with Gasteiger partial charge in [0.25, 0.3) is 5.91 Å². The topological polar surface area (TPSA) is 215 Å². The Bertz CT molecular complexity index is 1440. The molecule has 1 aromatic carbocycles. The molecule has 53 heavy (non-hydrogen) atoms. The van der Waals surface area contributed by atoms with Gasteiger partial charge >= 0.3 is 6.09 Å². The van der Waals surface area contributed by atoms with Crippen LogP contribution in [0.2, 0.25) is 0 Å². The van der Waals surface area contributed by atoms with Crippen LogP contribution >= 0.6 is 0 Å². The summed E-state index contributed by atoms with van der Waals surface area (Å²) in [6.07, 6.45) is 3.73. The number of alkyl carbamates (subject to hydrolysis) is 1. The molecule has 1 saturated carbocycles. The predicted octanol–water partition coefficient (Wildman–Crippen LogP) is 2.42. The van der Waals surface area contributed by atoms with Gasteiger partial charge in [-0.3, -0.25) is 28.8 Å². The molecule has 15 heteroatoms. The summed E-state index contributed by atoms with van der Waals surface area (Å²) in [5.74, 6) is -4.79. The van der Waals surface area contributed by atoms with Crippen molar-refractivity contribution in [3.63, 3.8) is 0 Å². The first-order valence-corrected chi connectivity index (χ1v) is 18.7. The highest BCUT2D eigenvalue weighted by Crippen LogP contribution is 2.31. The molecular weight excluding hydrogens is 684 g/mol. The zero-order valence-corrected chi connectivity index (χ0v) is 31.9. The van der Waals surface area contributed by atoms with Crippen LogP contribution in [0.5, 0.6) is 0 Å². The monoisotopic (exact) mass is 742 g/mol. The van der Waals surface area contributed by atoms with Crippen LogP contribution < -0.4 is 27.0 Å². The number of benzene rings is 1. The number of ether oxygens (including phenoxy) is 2. The first-order chi connectivity index (χ1) is 25.0. The summed E-state index contributed by atoms with van der Waals surface area (Å²) in [5, 5.41) is 10.2. The van der Waals surface area contributed by atoms with Crippen LogP contribution in [0, 0.1) is 11.8 Å². The van der Waals surface area contributed by atoms with Crippen LogP contribution in [0.15, 0.2) is 30.3 Å². The number of carbonyl (C=O) groups excluding carboxylic acids is 7. The van der Waals surface area contributed by atoms with Gasteiger partial charge in [0.2, 0.25) is 29.4 Å². The Labute approximate surface area is 312 Å². The van der Waals surface area contributed by atoms with Gasteiger partial charge in [-0.05, 0) is 57.4 Å². The molecule has 3 rings (SSSR count). The van der Waals surface area contributed by atoms with Crippen LogP contribution in [0.3, 0.4) is 0 Å². The molecule has 5 atom stereocenters. The number of hydrogen-bond donors (Lipinski definition) is 5. The number of primary amides is 1. The van der Waals surface area contributed by atoms with Crippen LogP contribution in [0.4, 0.5) is 4.79 Å². The van der Waals surface area contributed by atoms with E-state index in [1.54, 1.807) is 37.3 Å². The molecule has 1 aliphatic heterocycles. The number of nitrogens with one attached hydrogen (secondary N) is 4. The van der Waals surface area contributed by atoms with Gasteiger partial charge < -0.3 is 41.4 Å². The van der Waals surface area contributed by atoms with Gasteiger partial charge in [-0.25, -0.2) is 4.79 Å². The van der Waals surface area contributed by atoms with Gasteiger partial charge in [-0.2, -0.15) is 0 Å². The molecule has 2 fully saturated rings. The van der Waals surface area contributed by atoms with Crippen molar-refractivity contribution in [2.75, 3.05) is 19.7 Å². The number of ketones is 1. The van der Waals surface area contributed by atoms with E-state index in [4.69, 9.17) is 15.2 Å². The van der Waals surface area contributed by atoms with Crippen LogP contribution in [-0.4, -0.2) is 95.8 Å². The maximum atomic E-state index is 14.4. The Hall–Kier alpha value is -4.53. The maximum Gasteiger partial charge on any atom is 0.407 e. The molecule has 1 heterocycles. The Morgan fingerprint density at radius 3 is 2.19 bits per heavy atom. The van der Waals surface area contributed by atoms with E-state index >= 15 is 0 Å². The van der Waals surface area contributed by atoms with Gasteiger partial charge in [0.15, 0.2) is 0 Å². The van der Waals surface area contributed by atoms with Crippen LogP contribution in [0.1, 0.15) is 105 Å². The minimum atomic E-state index is -1.25. The average Bonchev–Trinajstić information content (AvgIpc) is 3.53. The highest BCUT2D eigenvalue weighted by molar-refractivity contribution is 6.38. The number of rotatable bonds is 17. The quantitative estimate of drug-likeness (QED) is 0.148. The lowest BCUT2D eigenvalue weighted by Crippen LogP contribution is -2.58. The summed E-state index contributed by atoms with van der Waals surface area (Å²) >= 11 is 0. The largest absolute Gasteiger partial charge is 0.449 e. The third-order valence-corrected chi connectivity index (χ3v) is 9.14. The molecule has 0 spiro atoms. The molecule has 294 valence electrons. The second-order valence-corrected chi connectivity index (χ2v) is 15.3. The van der Waals surface area contributed by atoms with E-state index in [0.717, 1.165) is 32.1 Å². The van der Waals surface area contributed by atoms with Crippen molar-refractivity contribution in [3.8, 4) is 0 Å². The normalized spacial score (nSPS) is 19.4. The smallest absolute Gasteiger partial charge is 0.407 e. The van der Waals surface area contributed by atoms with Gasteiger partial charge in [-0.15, -0.1) is 0 Å². The van der Waals surface area contributed by atoms with E-state index in [-0.39, 0.29) is 37.8 Å². The van der Waals surface area contributed by atoms with Gasteiger partial charge in [0.1, 0.15) is 18.1 Å². The molecular formula is C38H58N6O9. The molecule has 0 bridgehead atoms. The molecule has 6 N–H and O–H groups in total. The van der Waals surface area contributed by atoms with Crippen LogP contribution in [0.25, 0.3) is 0 Å². The third kappa shape index (κ3) is 13.4. The number of hydrogen-bond acceptors (Lipinski definition) is 9. The lowest BCUT2D eigenvalue weighted by Gasteiger charge is -2.34. The van der Waals surface area contributed by atoms with E-state index in [9.17, 15) is 33.6 Å². The first-order valence-electron chi connectivity index (χ1n) is 18.7. The van der Waals surface area contributed by atoms with Crippen molar-refractivity contribution >= 4 is 41.4 Å². The summed E-state index contributed by atoms with van der Waals surface area (Å²) in [6.45, 7) is 10.8. The van der Waals surface area contributed by atoms with E-state index in [2.05, 4.69) is 21.3 Å². The zero-order chi connectivity index (χ0) is 39.3. The maximum absolute atomic E-state index is 14.4. The Morgan fingerprint density at radius 1 is 0.943 bits per heavy atom. The number of Topliss-reactive ketones (excluding diaryl/α,β-unsaturated/α-hetero) is 1. The van der Waals surface area contributed by atoms with Gasteiger partial charge in [0.05, 0.1) is 30.9 Å². The number of nitrogens with two attached hydrogens (primary N) is 1. The number of carbonyl (C=O) groups is 7. The molecule has 2 aliphatic rings. The van der Waals surface area contributed by atoms with Crippen molar-refractivity contribution in [1.29, 1.82) is 0 Å². The molecule has 6 amide bonds. The summed E-state index contributed by atoms with van der Waals surface area (Å²) in [5.41, 5.74) is 5.32. The SMILES string of the molecule is CCCC(NC(=O)[C@@H]1C[C@@H](OC(C)(C)C)CN1C(=O)C(NC(=O)OCC(C)C)C1CCCCC1)C(=O)C(=O)NCC(=O)NC(C(N)=O)c1ccccc1. The summed E-state index contributed by atoms with van der Waals surface area (Å²) < 4.78 is 11.6. The highest BCUT2D eigenvalue weighted by atomic mass is 16.5. The van der Waals surface area contributed by atoms with Gasteiger partial charge in [0, 0.05) is 13.0 Å². The molecule has 1 aliphatic carbocycles. The zero-order valence-electron chi connectivity index (χ0n) is 31.9. The highest BCUT2D eigenvalue weighted by Gasteiger charge is 2.46. The fourth-order valence-electron chi connectivity index (χ4n) is 6.72. The Balaban J connectivity index is 1.76. The number of nitrogens with zero attached hydrogens (tertiary/aromatic N) is 1. The molecule has 15 nitrogen and oxygen atoms in total. The average molecular weight is 743 g/mol. The summed E-state index contributed by atoms with van der Waals surface area (Å²) in [6, 6.07) is 3.92. The minimum absolute atomic E-state index is 0.0808. The molecule has 1 saturated heterocycles. The summed E-state index contributed by atoms with van der Waals surface area (Å²) in [7, 11) is 0. The molecule has 0 radical (unpaired) electrons. The second-order valence-electron chi connectivity index (χ2n) is 15.3. The van der Waals surface area contributed by atoms with Gasteiger partial charge in [-0.1, -0.05) is 76.8 Å². The number of likely N-dealkylation sites (tertiary alicyclic amines) is 1. The van der Waals surface area contributed by atoms with E-state index in [0.29, 0.717) is 12.0 Å². The minimum Gasteiger partial charge on any atom is -0.449 e. The van der Waals surface area contributed by atoms with Crippen molar-refractivity contribution in [3.05, 3.63) is 35.9 Å². The fraction of sp³-hybridized carbons (Fsp3) is 0.658. The second kappa shape index (κ2) is 20.1.